The van der Waals surface area contributed by atoms with Gasteiger partial charge < -0.3 is 14.8 Å². The average molecular weight is 270 g/mol. The molecule has 0 aliphatic rings. The highest BCUT2D eigenvalue weighted by atomic mass is 35.5. The quantitative estimate of drug-likeness (QED) is 0.579. The molecule has 1 rings (SSSR count). The monoisotopic (exact) mass is 269 g/mol. The van der Waals surface area contributed by atoms with Crippen molar-refractivity contribution in [2.24, 2.45) is 0 Å². The summed E-state index contributed by atoms with van der Waals surface area (Å²) < 4.78 is 11.1. The molecule has 0 radical (unpaired) electrons. The van der Waals surface area contributed by atoms with Gasteiger partial charge in [0.1, 0.15) is 0 Å². The highest BCUT2D eigenvalue weighted by molar-refractivity contribution is 6.30. The molecule has 0 heterocycles. The summed E-state index contributed by atoms with van der Waals surface area (Å²) in [5.41, 5.74) is 0.995. The lowest BCUT2D eigenvalue weighted by molar-refractivity contribution is 0.290. The number of halogens is 1. The summed E-state index contributed by atoms with van der Waals surface area (Å²) in [6, 6.07) is 3.66. The van der Waals surface area contributed by atoms with Crippen LogP contribution < -0.4 is 14.8 Å². The molecule has 0 fully saturated rings. The Bertz CT molecular complexity index is 394. The molecule has 0 aliphatic heterocycles. The molecule has 1 N–H and O–H groups in total. The predicted octanol–water partition coefficient (Wildman–Crippen LogP) is 3.41. The molecule has 18 heavy (non-hydrogen) atoms. The summed E-state index contributed by atoms with van der Waals surface area (Å²) in [7, 11) is 1.62. The van der Waals surface area contributed by atoms with Crippen LogP contribution in [-0.2, 0) is 6.54 Å². The van der Waals surface area contributed by atoms with E-state index >= 15 is 0 Å². The number of hydrogen-bond acceptors (Lipinski definition) is 3. The normalized spacial score (nSPS) is 10.2. The minimum Gasteiger partial charge on any atom is -0.493 e. The third-order valence-corrected chi connectivity index (χ3v) is 2.59. The van der Waals surface area contributed by atoms with Gasteiger partial charge in [-0.3, -0.25) is 0 Å². The molecule has 0 bridgehead atoms. The first-order valence-electron chi connectivity index (χ1n) is 6.03. The smallest absolute Gasteiger partial charge is 0.165 e. The molecular weight excluding hydrogens is 250 g/mol. The van der Waals surface area contributed by atoms with Gasteiger partial charge >= 0.3 is 0 Å². The van der Waals surface area contributed by atoms with Gasteiger partial charge in [-0.05, 0) is 12.5 Å². The number of hydrogen-bond donors (Lipinski definition) is 1. The number of benzene rings is 1. The standard InChI is InChI=1S/C14H20ClNO2/c1-4-6-16-10-11-8-12(15)9-13(17-3)14(11)18-7-5-2/h4,8-9,16H,1,5-7,10H2,2-3H3. The van der Waals surface area contributed by atoms with Gasteiger partial charge in [-0.1, -0.05) is 24.6 Å². The van der Waals surface area contributed by atoms with Gasteiger partial charge in [0, 0.05) is 29.7 Å². The molecule has 0 atom stereocenters. The zero-order valence-corrected chi connectivity index (χ0v) is 11.7. The van der Waals surface area contributed by atoms with Gasteiger partial charge in [0.25, 0.3) is 0 Å². The number of methoxy groups -OCH3 is 1. The SMILES string of the molecule is C=CCNCc1cc(Cl)cc(OC)c1OCCC. The summed E-state index contributed by atoms with van der Waals surface area (Å²) in [4.78, 5) is 0. The van der Waals surface area contributed by atoms with E-state index in [9.17, 15) is 0 Å². The fourth-order valence-electron chi connectivity index (χ4n) is 1.58. The fourth-order valence-corrected chi connectivity index (χ4v) is 1.81. The van der Waals surface area contributed by atoms with Crippen LogP contribution in [-0.4, -0.2) is 20.3 Å². The van der Waals surface area contributed by atoms with Crippen molar-refractivity contribution in [3.8, 4) is 11.5 Å². The molecule has 0 aromatic heterocycles. The molecule has 0 amide bonds. The van der Waals surface area contributed by atoms with Gasteiger partial charge in [0.05, 0.1) is 13.7 Å². The second kappa shape index (κ2) is 8.01. The second-order valence-corrected chi connectivity index (χ2v) is 4.30. The van der Waals surface area contributed by atoms with Crippen molar-refractivity contribution < 1.29 is 9.47 Å². The average Bonchev–Trinajstić information content (AvgIpc) is 2.37. The van der Waals surface area contributed by atoms with Gasteiger partial charge in [-0.2, -0.15) is 0 Å². The topological polar surface area (TPSA) is 30.5 Å². The van der Waals surface area contributed by atoms with E-state index in [1.54, 1.807) is 13.2 Å². The first-order chi connectivity index (χ1) is 8.72. The molecule has 1 aromatic rings. The molecule has 0 saturated carbocycles. The third-order valence-electron chi connectivity index (χ3n) is 2.37. The summed E-state index contributed by atoms with van der Waals surface area (Å²) in [5, 5.41) is 3.88. The Hall–Kier alpha value is -1.19. The Morgan fingerprint density at radius 2 is 2.22 bits per heavy atom. The summed E-state index contributed by atoms with van der Waals surface area (Å²) in [6.07, 6.45) is 2.76. The maximum absolute atomic E-state index is 6.06. The molecule has 3 nitrogen and oxygen atoms in total. The highest BCUT2D eigenvalue weighted by Gasteiger charge is 2.12. The van der Waals surface area contributed by atoms with Crippen molar-refractivity contribution >= 4 is 11.6 Å². The molecule has 0 unspecified atom stereocenters. The van der Waals surface area contributed by atoms with Gasteiger partial charge in [-0.15, -0.1) is 6.58 Å². The van der Waals surface area contributed by atoms with Crippen LogP contribution in [0.2, 0.25) is 5.02 Å². The zero-order valence-electron chi connectivity index (χ0n) is 11.0. The maximum atomic E-state index is 6.06. The molecule has 0 aliphatic carbocycles. The van der Waals surface area contributed by atoms with E-state index in [1.807, 2.05) is 12.1 Å². The van der Waals surface area contributed by atoms with Crippen LogP contribution in [0.15, 0.2) is 24.8 Å². The fraction of sp³-hybridized carbons (Fsp3) is 0.429. The van der Waals surface area contributed by atoms with E-state index in [1.165, 1.54) is 0 Å². The van der Waals surface area contributed by atoms with Crippen LogP contribution in [0.5, 0.6) is 11.5 Å². The van der Waals surface area contributed by atoms with Crippen molar-refractivity contribution in [2.45, 2.75) is 19.9 Å². The van der Waals surface area contributed by atoms with Crippen LogP contribution in [0, 0.1) is 0 Å². The number of rotatable bonds is 8. The van der Waals surface area contributed by atoms with Gasteiger partial charge in [0.2, 0.25) is 0 Å². The summed E-state index contributed by atoms with van der Waals surface area (Å²) in [6.45, 7) is 7.80. The first kappa shape index (κ1) is 14.9. The minimum absolute atomic E-state index is 0.645. The zero-order chi connectivity index (χ0) is 13.4. The van der Waals surface area contributed by atoms with Crippen molar-refractivity contribution in [2.75, 3.05) is 20.3 Å². The lowest BCUT2D eigenvalue weighted by Crippen LogP contribution is -2.14. The molecule has 100 valence electrons. The van der Waals surface area contributed by atoms with E-state index in [0.717, 1.165) is 24.3 Å². The Balaban J connectivity index is 2.94. The Morgan fingerprint density at radius 3 is 2.83 bits per heavy atom. The van der Waals surface area contributed by atoms with E-state index in [0.29, 0.717) is 23.9 Å². The molecule has 1 aromatic carbocycles. The molecular formula is C14H20ClNO2. The largest absolute Gasteiger partial charge is 0.493 e. The first-order valence-corrected chi connectivity index (χ1v) is 6.41. The second-order valence-electron chi connectivity index (χ2n) is 3.86. The van der Waals surface area contributed by atoms with Gasteiger partial charge in [-0.25, -0.2) is 0 Å². The van der Waals surface area contributed by atoms with Crippen molar-refractivity contribution in [3.63, 3.8) is 0 Å². The number of nitrogens with one attached hydrogen (secondary N) is 1. The van der Waals surface area contributed by atoms with E-state index in [-0.39, 0.29) is 0 Å². The predicted molar refractivity (Wildman–Crippen MR) is 75.7 cm³/mol. The number of ether oxygens (including phenoxy) is 2. The Labute approximate surface area is 114 Å². The van der Waals surface area contributed by atoms with Crippen LogP contribution in [0.3, 0.4) is 0 Å². The molecule has 0 saturated heterocycles. The van der Waals surface area contributed by atoms with Crippen LogP contribution in [0.4, 0.5) is 0 Å². The third kappa shape index (κ3) is 4.24. The lowest BCUT2D eigenvalue weighted by Gasteiger charge is -2.15. The molecule has 0 spiro atoms. The van der Waals surface area contributed by atoms with Crippen molar-refractivity contribution in [1.82, 2.24) is 5.32 Å². The van der Waals surface area contributed by atoms with Crippen LogP contribution in [0.25, 0.3) is 0 Å². The Morgan fingerprint density at radius 1 is 1.44 bits per heavy atom. The van der Waals surface area contributed by atoms with Crippen molar-refractivity contribution in [1.29, 1.82) is 0 Å². The lowest BCUT2D eigenvalue weighted by atomic mass is 10.2. The summed E-state index contributed by atoms with van der Waals surface area (Å²) in [5.74, 6) is 1.44. The van der Waals surface area contributed by atoms with E-state index in [4.69, 9.17) is 21.1 Å². The van der Waals surface area contributed by atoms with Gasteiger partial charge in [0.15, 0.2) is 11.5 Å². The van der Waals surface area contributed by atoms with Crippen LogP contribution >= 0.6 is 11.6 Å². The van der Waals surface area contributed by atoms with Crippen molar-refractivity contribution in [3.05, 3.63) is 35.4 Å². The van der Waals surface area contributed by atoms with Crippen LogP contribution in [0.1, 0.15) is 18.9 Å². The van der Waals surface area contributed by atoms with E-state index in [2.05, 4.69) is 18.8 Å². The summed E-state index contributed by atoms with van der Waals surface area (Å²) >= 11 is 6.06. The highest BCUT2D eigenvalue weighted by Crippen LogP contribution is 2.34. The van der Waals surface area contributed by atoms with E-state index < -0.39 is 0 Å². The minimum atomic E-state index is 0.645. The maximum Gasteiger partial charge on any atom is 0.165 e. The Kier molecular flexibility index (Phi) is 6.61. The molecule has 4 heteroatoms.